The first-order valence-electron chi connectivity index (χ1n) is 12.5. The quantitative estimate of drug-likeness (QED) is 0.317. The highest BCUT2D eigenvalue weighted by atomic mass is 35.5. The lowest BCUT2D eigenvalue weighted by Crippen LogP contribution is -2.55. The van der Waals surface area contributed by atoms with Crippen LogP contribution in [0, 0.1) is 5.92 Å². The average Bonchev–Trinajstić information content (AvgIpc) is 3.49. The van der Waals surface area contributed by atoms with Crippen LogP contribution >= 0.6 is 11.6 Å². The van der Waals surface area contributed by atoms with Crippen molar-refractivity contribution >= 4 is 35.2 Å². The molecule has 0 bridgehead atoms. The van der Waals surface area contributed by atoms with Crippen LogP contribution in [0.3, 0.4) is 0 Å². The van der Waals surface area contributed by atoms with Gasteiger partial charge in [-0.25, -0.2) is 4.79 Å². The van der Waals surface area contributed by atoms with Gasteiger partial charge in [0.25, 0.3) is 5.91 Å². The van der Waals surface area contributed by atoms with Crippen LogP contribution in [0.4, 0.5) is 10.5 Å². The van der Waals surface area contributed by atoms with Crippen molar-refractivity contribution in [1.82, 2.24) is 10.2 Å². The number of para-hydroxylation sites is 1. The van der Waals surface area contributed by atoms with Crippen LogP contribution in [0.1, 0.15) is 16.8 Å². The number of benzene rings is 3. The highest BCUT2D eigenvalue weighted by molar-refractivity contribution is 6.30. The van der Waals surface area contributed by atoms with Gasteiger partial charge in [0.2, 0.25) is 5.91 Å². The lowest BCUT2D eigenvalue weighted by molar-refractivity contribution is -0.121. The first-order valence-corrected chi connectivity index (χ1v) is 12.9. The van der Waals surface area contributed by atoms with Crippen LogP contribution in [-0.4, -0.2) is 41.9 Å². The second-order valence-corrected chi connectivity index (χ2v) is 9.68. The summed E-state index contributed by atoms with van der Waals surface area (Å²) in [5.41, 5.74) is 1.81. The Balaban J connectivity index is 1.34. The molecule has 5 rings (SSSR count). The molecule has 8 nitrogen and oxygen atoms in total. The minimum absolute atomic E-state index is 0.190. The fourth-order valence-corrected chi connectivity index (χ4v) is 4.69. The van der Waals surface area contributed by atoms with Gasteiger partial charge in [-0.1, -0.05) is 41.9 Å². The van der Waals surface area contributed by atoms with Gasteiger partial charge < -0.3 is 24.7 Å². The number of hydrogen-bond donors (Lipinski definition) is 2. The third-order valence-corrected chi connectivity index (χ3v) is 6.66. The monoisotopic (exact) mass is 543 g/mol. The largest absolute Gasteiger partial charge is 0.464 e. The van der Waals surface area contributed by atoms with Crippen LogP contribution in [0.2, 0.25) is 5.02 Å². The van der Waals surface area contributed by atoms with E-state index < -0.39 is 18.1 Å². The number of carbonyl (C=O) groups excluding carboxylic acids is 3. The Labute approximate surface area is 230 Å². The van der Waals surface area contributed by atoms with Crippen molar-refractivity contribution < 1.29 is 23.5 Å². The van der Waals surface area contributed by atoms with Gasteiger partial charge in [0.15, 0.2) is 0 Å². The summed E-state index contributed by atoms with van der Waals surface area (Å²) >= 11 is 5.96. The van der Waals surface area contributed by atoms with E-state index in [0.29, 0.717) is 34.2 Å². The summed E-state index contributed by atoms with van der Waals surface area (Å²) in [6.07, 6.45) is 1.25. The summed E-state index contributed by atoms with van der Waals surface area (Å²) in [7, 11) is 0. The van der Waals surface area contributed by atoms with Gasteiger partial charge in [-0.3, -0.25) is 9.59 Å². The predicted octanol–water partition coefficient (Wildman–Crippen LogP) is 5.86. The van der Waals surface area contributed by atoms with Crippen molar-refractivity contribution in [3.05, 3.63) is 108 Å². The lowest BCUT2D eigenvalue weighted by Gasteiger charge is -2.37. The summed E-state index contributed by atoms with van der Waals surface area (Å²) in [5, 5.41) is 6.27. The molecular formula is C30H26ClN3O5. The zero-order valence-corrected chi connectivity index (χ0v) is 21.6. The number of hydrogen-bond acceptors (Lipinski definition) is 5. The molecule has 3 aromatic carbocycles. The van der Waals surface area contributed by atoms with Gasteiger partial charge in [0.05, 0.1) is 18.2 Å². The fourth-order valence-electron chi connectivity index (χ4n) is 4.56. The molecule has 1 aliphatic rings. The molecule has 1 aromatic heterocycles. The maximum absolute atomic E-state index is 13.6. The van der Waals surface area contributed by atoms with E-state index in [0.717, 1.165) is 5.56 Å². The molecule has 0 saturated carbocycles. The number of rotatable bonds is 6. The van der Waals surface area contributed by atoms with E-state index >= 15 is 0 Å². The molecule has 0 aliphatic carbocycles. The number of piperidine rings is 1. The Morgan fingerprint density at radius 1 is 0.897 bits per heavy atom. The molecule has 0 radical (unpaired) electrons. The van der Waals surface area contributed by atoms with E-state index in [9.17, 15) is 14.4 Å². The number of nitrogens with one attached hydrogen (secondary N) is 2. The molecule has 1 fully saturated rings. The van der Waals surface area contributed by atoms with Gasteiger partial charge >= 0.3 is 6.09 Å². The minimum Gasteiger partial charge on any atom is -0.464 e. The topological polar surface area (TPSA) is 101 Å². The maximum Gasteiger partial charge on any atom is 0.412 e. The number of furan rings is 1. The van der Waals surface area contributed by atoms with Crippen LogP contribution in [0.25, 0.3) is 11.3 Å². The van der Waals surface area contributed by atoms with Crippen molar-refractivity contribution in [2.75, 3.05) is 18.4 Å². The Hall–Kier alpha value is -4.56. The Morgan fingerprint density at radius 3 is 2.44 bits per heavy atom. The van der Waals surface area contributed by atoms with Gasteiger partial charge in [0.1, 0.15) is 11.5 Å². The van der Waals surface area contributed by atoms with Crippen molar-refractivity contribution in [2.45, 2.75) is 12.5 Å². The highest BCUT2D eigenvalue weighted by Crippen LogP contribution is 2.25. The van der Waals surface area contributed by atoms with E-state index in [2.05, 4.69) is 10.6 Å². The summed E-state index contributed by atoms with van der Waals surface area (Å²) in [6.45, 7) is 0.410. The lowest BCUT2D eigenvalue weighted by atomic mass is 9.92. The third kappa shape index (κ3) is 6.66. The minimum atomic E-state index is -0.655. The Morgan fingerprint density at radius 2 is 1.69 bits per heavy atom. The molecule has 2 heterocycles. The molecule has 2 atom stereocenters. The number of amides is 3. The maximum atomic E-state index is 13.6. The number of nitrogens with zero attached hydrogens (tertiary/aromatic N) is 1. The second-order valence-electron chi connectivity index (χ2n) is 9.24. The van der Waals surface area contributed by atoms with Crippen LogP contribution in [0.5, 0.6) is 5.75 Å². The number of anilines is 1. The van der Waals surface area contributed by atoms with E-state index in [1.165, 1.54) is 0 Å². The summed E-state index contributed by atoms with van der Waals surface area (Å²) < 4.78 is 10.9. The molecule has 1 aliphatic heterocycles. The number of likely N-dealkylation sites (tertiary alicyclic amines) is 1. The molecule has 3 amide bonds. The first-order chi connectivity index (χ1) is 18.9. The third-order valence-electron chi connectivity index (χ3n) is 6.41. The predicted molar refractivity (Wildman–Crippen MR) is 148 cm³/mol. The molecule has 4 aromatic rings. The van der Waals surface area contributed by atoms with E-state index in [1.807, 2.05) is 18.2 Å². The molecule has 1 saturated heterocycles. The fraction of sp³-hybridized carbons (Fsp3) is 0.167. The highest BCUT2D eigenvalue weighted by Gasteiger charge is 2.35. The molecule has 0 spiro atoms. The molecule has 39 heavy (non-hydrogen) atoms. The average molecular weight is 544 g/mol. The van der Waals surface area contributed by atoms with Crippen LogP contribution in [0.15, 0.2) is 102 Å². The summed E-state index contributed by atoms with van der Waals surface area (Å²) in [6, 6.07) is 25.7. The van der Waals surface area contributed by atoms with Crippen molar-refractivity contribution in [1.29, 1.82) is 0 Å². The zero-order valence-electron chi connectivity index (χ0n) is 20.9. The normalized spacial score (nSPS) is 16.8. The van der Waals surface area contributed by atoms with E-state index in [-0.39, 0.29) is 24.9 Å². The number of halogens is 1. The molecule has 9 heteroatoms. The van der Waals surface area contributed by atoms with Crippen molar-refractivity contribution in [2.24, 2.45) is 5.92 Å². The standard InChI is InChI=1S/C30H26ClN3O5/c31-23-11-13-24(14-12-23)32-28(35)22-17-25(33-30(37)39-26-8-2-1-3-9-26)19-34(18-22)29(36)21-7-4-6-20(16-21)27-10-5-15-38-27/h1-16,22,25H,17-19H2,(H,32,35)(H,33,37). The summed E-state index contributed by atoms with van der Waals surface area (Å²) in [4.78, 5) is 41.1. The van der Waals surface area contributed by atoms with Crippen LogP contribution in [-0.2, 0) is 4.79 Å². The molecule has 198 valence electrons. The smallest absolute Gasteiger partial charge is 0.412 e. The van der Waals surface area contributed by atoms with E-state index in [4.69, 9.17) is 20.8 Å². The zero-order chi connectivity index (χ0) is 27.2. The van der Waals surface area contributed by atoms with Crippen molar-refractivity contribution in [3.8, 4) is 17.1 Å². The van der Waals surface area contributed by atoms with E-state index in [1.54, 1.807) is 84.0 Å². The Bertz CT molecular complexity index is 1440. The van der Waals surface area contributed by atoms with Gasteiger partial charge in [0, 0.05) is 34.9 Å². The molecule has 2 unspecified atom stereocenters. The second kappa shape index (κ2) is 11.9. The number of carbonyl (C=O) groups is 3. The number of ether oxygens (including phenoxy) is 1. The Kier molecular flexibility index (Phi) is 7.94. The summed E-state index contributed by atoms with van der Waals surface area (Å²) in [5.74, 6) is -0.0519. The molecular weight excluding hydrogens is 518 g/mol. The molecule has 2 N–H and O–H groups in total. The van der Waals surface area contributed by atoms with Crippen LogP contribution < -0.4 is 15.4 Å². The first kappa shape index (κ1) is 26.1. The van der Waals surface area contributed by atoms with Gasteiger partial charge in [-0.05, 0) is 67.1 Å². The SMILES string of the molecule is O=C(NC1CC(C(=O)Nc2ccc(Cl)cc2)CN(C(=O)c2cccc(-c3ccco3)c2)C1)Oc1ccccc1. The van der Waals surface area contributed by atoms with Gasteiger partial charge in [-0.15, -0.1) is 0 Å². The van der Waals surface area contributed by atoms with Gasteiger partial charge in [-0.2, -0.15) is 0 Å². The van der Waals surface area contributed by atoms with Crippen molar-refractivity contribution in [3.63, 3.8) is 0 Å².